The molecule has 0 aromatic carbocycles. The van der Waals surface area contributed by atoms with Crippen LogP contribution in [0.1, 0.15) is 10.4 Å². The second-order valence-corrected chi connectivity index (χ2v) is 4.42. The van der Waals surface area contributed by atoms with Gasteiger partial charge in [-0.1, -0.05) is 0 Å². The first kappa shape index (κ1) is 12.9. The van der Waals surface area contributed by atoms with Crippen molar-refractivity contribution in [2.45, 2.75) is 0 Å². The van der Waals surface area contributed by atoms with Crippen LogP contribution >= 0.6 is 0 Å². The molecule has 0 bridgehead atoms. The van der Waals surface area contributed by atoms with Gasteiger partial charge in [0, 0.05) is 17.8 Å². The average Bonchev–Trinajstić information content (AvgIpc) is 3.10. The van der Waals surface area contributed by atoms with E-state index in [4.69, 9.17) is 5.73 Å². The van der Waals surface area contributed by atoms with Crippen LogP contribution in [0.5, 0.6) is 0 Å². The zero-order valence-electron chi connectivity index (χ0n) is 10.9. The number of primary amides is 1. The predicted molar refractivity (Wildman–Crippen MR) is 75.2 cm³/mol. The fourth-order valence-corrected chi connectivity index (χ4v) is 1.99. The Balaban J connectivity index is 1.88. The molecule has 3 rings (SSSR count). The summed E-state index contributed by atoms with van der Waals surface area (Å²) in [7, 11) is 0. The Labute approximate surface area is 118 Å². The first-order valence-corrected chi connectivity index (χ1v) is 6.19. The summed E-state index contributed by atoms with van der Waals surface area (Å²) in [6.45, 7) is -0.198. The number of nitrogens with one attached hydrogen (secondary N) is 3. The number of nitrogens with two attached hydrogens (primary N) is 1. The second-order valence-electron chi connectivity index (χ2n) is 4.42. The van der Waals surface area contributed by atoms with Crippen LogP contribution in [0.15, 0.2) is 30.6 Å². The van der Waals surface area contributed by atoms with Crippen molar-refractivity contribution in [3.05, 3.63) is 36.2 Å². The highest BCUT2D eigenvalue weighted by atomic mass is 16.2. The van der Waals surface area contributed by atoms with E-state index < -0.39 is 5.91 Å². The Bertz CT molecular complexity index is 819. The molecule has 0 unspecified atom stereocenters. The quantitative estimate of drug-likeness (QED) is 0.544. The zero-order valence-corrected chi connectivity index (χ0v) is 10.9. The monoisotopic (exact) mass is 284 g/mol. The molecule has 8 nitrogen and oxygen atoms in total. The van der Waals surface area contributed by atoms with E-state index in [2.05, 4.69) is 25.5 Å². The molecule has 0 atom stereocenters. The van der Waals surface area contributed by atoms with Gasteiger partial charge in [0.2, 0.25) is 5.91 Å². The highest BCUT2D eigenvalue weighted by molar-refractivity contribution is 5.98. The summed E-state index contributed by atoms with van der Waals surface area (Å²) >= 11 is 0. The molecule has 106 valence electrons. The van der Waals surface area contributed by atoms with E-state index in [-0.39, 0.29) is 12.5 Å². The van der Waals surface area contributed by atoms with Gasteiger partial charge >= 0.3 is 0 Å². The summed E-state index contributed by atoms with van der Waals surface area (Å²) in [4.78, 5) is 29.6. The van der Waals surface area contributed by atoms with Crippen LogP contribution in [0.4, 0.5) is 0 Å². The third-order valence-electron chi connectivity index (χ3n) is 2.97. The van der Waals surface area contributed by atoms with E-state index in [0.717, 1.165) is 11.1 Å². The number of carbonyl (C=O) groups excluding carboxylic acids is 2. The number of carbonyl (C=O) groups is 2. The van der Waals surface area contributed by atoms with Gasteiger partial charge < -0.3 is 16.0 Å². The van der Waals surface area contributed by atoms with Crippen molar-refractivity contribution in [3.8, 4) is 11.4 Å². The molecule has 0 spiro atoms. The molecule has 8 heteroatoms. The molecule has 0 saturated carbocycles. The Morgan fingerprint density at radius 2 is 2.24 bits per heavy atom. The normalized spacial score (nSPS) is 10.7. The van der Waals surface area contributed by atoms with Crippen molar-refractivity contribution in [1.82, 2.24) is 25.5 Å². The zero-order chi connectivity index (χ0) is 14.8. The fourth-order valence-electron chi connectivity index (χ4n) is 1.99. The van der Waals surface area contributed by atoms with Crippen LogP contribution in [-0.2, 0) is 4.79 Å². The lowest BCUT2D eigenvalue weighted by Gasteiger charge is -1.98. The summed E-state index contributed by atoms with van der Waals surface area (Å²) in [6.07, 6.45) is 3.21. The molecule has 0 aliphatic carbocycles. The number of rotatable bonds is 4. The van der Waals surface area contributed by atoms with Crippen molar-refractivity contribution in [2.75, 3.05) is 6.54 Å². The lowest BCUT2D eigenvalue weighted by atomic mass is 10.2. The van der Waals surface area contributed by atoms with E-state index >= 15 is 0 Å². The average molecular weight is 284 g/mol. The maximum Gasteiger partial charge on any atom is 0.253 e. The van der Waals surface area contributed by atoms with E-state index in [1.165, 1.54) is 0 Å². The van der Waals surface area contributed by atoms with Gasteiger partial charge in [0.1, 0.15) is 0 Å². The smallest absolute Gasteiger partial charge is 0.253 e. The number of nitrogens with zero attached hydrogens (tertiary/aromatic N) is 2. The van der Waals surface area contributed by atoms with Crippen LogP contribution in [0.25, 0.3) is 22.4 Å². The van der Waals surface area contributed by atoms with Crippen LogP contribution in [0.2, 0.25) is 0 Å². The lowest BCUT2D eigenvalue weighted by Crippen LogP contribution is -2.33. The Hall–Kier alpha value is -3.16. The van der Waals surface area contributed by atoms with Crippen molar-refractivity contribution in [2.24, 2.45) is 5.73 Å². The number of hydrogen-bond donors (Lipinski definition) is 4. The minimum atomic E-state index is -0.593. The fraction of sp³-hybridized carbons (Fsp3) is 0.0769. The topological polar surface area (TPSA) is 130 Å². The van der Waals surface area contributed by atoms with Crippen LogP contribution in [0, 0.1) is 0 Å². The number of H-pyrrole nitrogens is 2. The summed E-state index contributed by atoms with van der Waals surface area (Å²) in [5.74, 6) is -0.969. The number of aromatic amines is 2. The van der Waals surface area contributed by atoms with Crippen LogP contribution in [0.3, 0.4) is 0 Å². The van der Waals surface area contributed by atoms with Gasteiger partial charge in [-0.05, 0) is 18.2 Å². The van der Waals surface area contributed by atoms with Gasteiger partial charge in [-0.15, -0.1) is 0 Å². The first-order chi connectivity index (χ1) is 10.1. The molecular formula is C13H12N6O2. The van der Waals surface area contributed by atoms with E-state index in [9.17, 15) is 9.59 Å². The van der Waals surface area contributed by atoms with Gasteiger partial charge in [-0.3, -0.25) is 14.7 Å². The molecule has 2 amide bonds. The number of hydrogen-bond acceptors (Lipinski definition) is 4. The summed E-state index contributed by atoms with van der Waals surface area (Å²) in [5, 5.41) is 10.2. The third kappa shape index (κ3) is 2.46. The molecule has 3 heterocycles. The Morgan fingerprint density at radius 1 is 1.38 bits per heavy atom. The molecule has 3 aromatic heterocycles. The molecule has 5 N–H and O–H groups in total. The molecule has 0 radical (unpaired) electrons. The van der Waals surface area contributed by atoms with E-state index in [0.29, 0.717) is 16.9 Å². The van der Waals surface area contributed by atoms with Gasteiger partial charge in [-0.25, -0.2) is 4.98 Å². The highest BCUT2D eigenvalue weighted by Crippen LogP contribution is 2.24. The largest absolute Gasteiger partial charge is 0.368 e. The SMILES string of the molecule is NC(=O)CNC(=O)c1c[nH]c(-c2[nH]nc3ncccc23)c1. The number of fused-ring (bicyclic) bond motifs is 1. The van der Waals surface area contributed by atoms with Gasteiger partial charge in [0.25, 0.3) is 5.91 Å². The van der Waals surface area contributed by atoms with Gasteiger partial charge in [0.15, 0.2) is 5.65 Å². The molecule has 3 aromatic rings. The highest BCUT2D eigenvalue weighted by Gasteiger charge is 2.13. The standard InChI is InChI=1S/C13H12N6O2/c14-10(20)6-17-13(21)7-4-9(16-5-7)11-8-2-1-3-15-12(8)19-18-11/h1-5,16H,6H2,(H2,14,20)(H,17,21)(H,15,18,19). The minimum absolute atomic E-state index is 0.198. The van der Waals surface area contributed by atoms with Crippen LogP contribution < -0.4 is 11.1 Å². The van der Waals surface area contributed by atoms with E-state index in [1.54, 1.807) is 18.5 Å². The predicted octanol–water partition coefficient (Wildman–Crippen LogP) is 0.168. The maximum absolute atomic E-state index is 11.8. The van der Waals surface area contributed by atoms with E-state index in [1.807, 2.05) is 12.1 Å². The molecule has 0 aliphatic rings. The first-order valence-electron chi connectivity index (χ1n) is 6.19. The Kier molecular flexibility index (Phi) is 3.11. The third-order valence-corrected chi connectivity index (χ3v) is 2.97. The maximum atomic E-state index is 11.8. The summed E-state index contributed by atoms with van der Waals surface area (Å²) in [6, 6.07) is 5.36. The number of pyridine rings is 1. The minimum Gasteiger partial charge on any atom is -0.368 e. The van der Waals surface area contributed by atoms with Crippen molar-refractivity contribution >= 4 is 22.8 Å². The van der Waals surface area contributed by atoms with Gasteiger partial charge in [0.05, 0.1) is 23.5 Å². The Morgan fingerprint density at radius 3 is 3.05 bits per heavy atom. The summed E-state index contributed by atoms with van der Waals surface area (Å²) < 4.78 is 0. The summed E-state index contributed by atoms with van der Waals surface area (Å²) in [5.41, 5.74) is 7.43. The lowest BCUT2D eigenvalue weighted by molar-refractivity contribution is -0.117. The van der Waals surface area contributed by atoms with Gasteiger partial charge in [-0.2, -0.15) is 5.10 Å². The molecule has 0 aliphatic heterocycles. The molecule has 0 fully saturated rings. The second kappa shape index (κ2) is 5.08. The van der Waals surface area contributed by atoms with Crippen molar-refractivity contribution < 1.29 is 9.59 Å². The van der Waals surface area contributed by atoms with Crippen LogP contribution in [-0.4, -0.2) is 38.5 Å². The molecule has 21 heavy (non-hydrogen) atoms. The number of amides is 2. The van der Waals surface area contributed by atoms with Crippen molar-refractivity contribution in [3.63, 3.8) is 0 Å². The number of aromatic nitrogens is 4. The van der Waals surface area contributed by atoms with Crippen molar-refractivity contribution in [1.29, 1.82) is 0 Å². The molecular weight excluding hydrogens is 272 g/mol. The molecule has 0 saturated heterocycles.